The second kappa shape index (κ2) is 7.95. The highest BCUT2D eigenvalue weighted by atomic mass is 16.4. The molecule has 0 aliphatic carbocycles. The summed E-state index contributed by atoms with van der Waals surface area (Å²) in [4.78, 5) is 27.3. The van der Waals surface area contributed by atoms with Gasteiger partial charge in [-0.05, 0) is 17.2 Å². The Labute approximate surface area is 123 Å². The number of carbonyl (C=O) groups excluding carboxylic acids is 1. The Balaban J connectivity index is 3.22. The molecule has 0 saturated heterocycles. The van der Waals surface area contributed by atoms with Gasteiger partial charge in [0.1, 0.15) is 40.1 Å². The van der Waals surface area contributed by atoms with Crippen LogP contribution in [-0.4, -0.2) is 22.0 Å². The van der Waals surface area contributed by atoms with Crippen LogP contribution >= 0.6 is 0 Å². The maximum Gasteiger partial charge on any atom is 0.376 e. The van der Waals surface area contributed by atoms with Crippen LogP contribution in [0.1, 0.15) is 16.7 Å². The number of ketones is 1. The summed E-state index contributed by atoms with van der Waals surface area (Å²) in [7, 11) is 0. The lowest BCUT2D eigenvalue weighted by Gasteiger charge is -2.05. The minimum absolute atomic E-state index is 0.0281. The highest BCUT2D eigenvalue weighted by Gasteiger charge is 2.13. The highest BCUT2D eigenvalue weighted by molar-refractivity contribution is 6.38. The van der Waals surface area contributed by atoms with Crippen LogP contribution in [0.2, 0.25) is 0 Å². The molecule has 1 aromatic rings. The summed E-state index contributed by atoms with van der Waals surface area (Å²) in [5, 5.41) is 25.3. The van der Waals surface area contributed by atoms with Crippen molar-refractivity contribution in [1.29, 1.82) is 11.1 Å². The van der Waals surface area contributed by atoms with Gasteiger partial charge >= 0.3 is 5.97 Å². The molecule has 0 atom stereocenters. The van der Waals surface area contributed by atoms with E-state index < -0.39 is 17.5 Å². The number of nitrogens with zero attached hydrogens (tertiary/aromatic N) is 4. The van der Waals surface area contributed by atoms with Gasteiger partial charge in [-0.1, -0.05) is 12.1 Å². The lowest BCUT2D eigenvalue weighted by atomic mass is 10.0. The smallest absolute Gasteiger partial charge is 0.376 e. The third kappa shape index (κ3) is 4.57. The highest BCUT2D eigenvalue weighted by Crippen LogP contribution is 2.19. The van der Waals surface area contributed by atoms with E-state index in [1.54, 1.807) is 6.07 Å². The summed E-state index contributed by atoms with van der Waals surface area (Å²) in [5.74, 6) is -3.44. The van der Waals surface area contributed by atoms with Crippen molar-refractivity contribution in [3.05, 3.63) is 41.0 Å². The van der Waals surface area contributed by atoms with E-state index in [4.69, 9.17) is 16.2 Å². The lowest BCUT2D eigenvalue weighted by molar-refractivity contribution is -0.146. The third-order valence-corrected chi connectivity index (χ3v) is 2.60. The number of hydrogen-bond donors (Lipinski definition) is 4. The van der Waals surface area contributed by atoms with Crippen LogP contribution in [0.4, 0.5) is 0 Å². The van der Waals surface area contributed by atoms with E-state index in [0.29, 0.717) is 17.2 Å². The first-order valence-electron chi connectivity index (χ1n) is 5.86. The molecule has 10 nitrogen and oxygen atoms in total. The van der Waals surface area contributed by atoms with E-state index in [9.17, 15) is 14.7 Å². The molecule has 10 heteroatoms. The van der Waals surface area contributed by atoms with Crippen molar-refractivity contribution in [2.45, 2.75) is 13.1 Å². The van der Waals surface area contributed by atoms with Gasteiger partial charge in [-0.3, -0.25) is 4.79 Å². The molecule has 0 amide bonds. The molecule has 4 N–H and O–H groups in total. The SMILES string of the molecule is N=[N+]=NCc1ccc(/C(O)=C/C(=O)C(=O)O)cc1CN=[N+]=N. The molecule has 112 valence electrons. The number of carbonyl (C=O) groups is 2. The maximum atomic E-state index is 11.0. The number of aliphatic hydroxyl groups is 1. The van der Waals surface area contributed by atoms with Crippen molar-refractivity contribution in [2.24, 2.45) is 10.2 Å². The van der Waals surface area contributed by atoms with E-state index in [0.717, 1.165) is 0 Å². The first-order chi connectivity index (χ1) is 10.5. The Morgan fingerprint density at radius 3 is 2.23 bits per heavy atom. The molecule has 1 rings (SSSR count). The number of carboxylic acid groups (broad SMARTS) is 1. The summed E-state index contributed by atoms with van der Waals surface area (Å²) < 4.78 is 0. The lowest BCUT2D eigenvalue weighted by Crippen LogP contribution is -2.09. The zero-order chi connectivity index (χ0) is 16.5. The number of hydrogen-bond acceptors (Lipinski definition) is 7. The Morgan fingerprint density at radius 2 is 1.68 bits per heavy atom. The van der Waals surface area contributed by atoms with Gasteiger partial charge in [0.05, 0.1) is 0 Å². The van der Waals surface area contributed by atoms with Crippen molar-refractivity contribution in [3.8, 4) is 0 Å². The van der Waals surface area contributed by atoms with E-state index >= 15 is 0 Å². The number of benzene rings is 1. The summed E-state index contributed by atoms with van der Waals surface area (Å²) in [6.45, 7) is 0.130. The van der Waals surface area contributed by atoms with Crippen LogP contribution in [0, 0.1) is 11.1 Å². The number of aliphatic hydroxyl groups excluding tert-OH is 1. The van der Waals surface area contributed by atoms with Crippen molar-refractivity contribution in [3.63, 3.8) is 0 Å². The average Bonchev–Trinajstić information content (AvgIpc) is 2.50. The zero-order valence-corrected chi connectivity index (χ0v) is 11.2. The second-order valence-corrected chi connectivity index (χ2v) is 3.98. The van der Waals surface area contributed by atoms with Crippen LogP contribution in [0.5, 0.6) is 0 Å². The molecule has 0 fully saturated rings. The third-order valence-electron chi connectivity index (χ3n) is 2.60. The molecule has 0 aromatic heterocycles. The van der Waals surface area contributed by atoms with Gasteiger partial charge in [-0.2, -0.15) is 0 Å². The van der Waals surface area contributed by atoms with Crippen LogP contribution in [0.15, 0.2) is 34.5 Å². The summed E-state index contributed by atoms with van der Waals surface area (Å²) in [6, 6.07) is 4.48. The largest absolute Gasteiger partial charge is 0.507 e. The molecule has 0 saturated carbocycles. The van der Waals surface area contributed by atoms with Gasteiger partial charge in [0.2, 0.25) is 9.82 Å². The van der Waals surface area contributed by atoms with Crippen molar-refractivity contribution in [1.82, 2.24) is 9.82 Å². The van der Waals surface area contributed by atoms with Crippen LogP contribution < -0.4 is 9.82 Å². The predicted octanol–water partition coefficient (Wildman–Crippen LogP) is 1.34. The molecule has 0 aliphatic heterocycles. The van der Waals surface area contributed by atoms with Gasteiger partial charge in [0.25, 0.3) is 5.78 Å². The second-order valence-electron chi connectivity index (χ2n) is 3.98. The Kier molecular flexibility index (Phi) is 5.99. The fraction of sp³-hybridized carbons (Fsp3) is 0.167. The van der Waals surface area contributed by atoms with Crippen molar-refractivity contribution in [2.75, 3.05) is 0 Å². The van der Waals surface area contributed by atoms with Crippen LogP contribution in [0.3, 0.4) is 0 Å². The van der Waals surface area contributed by atoms with Crippen LogP contribution in [0.25, 0.3) is 5.76 Å². The molecular weight excluding hydrogens is 292 g/mol. The summed E-state index contributed by atoms with van der Waals surface area (Å²) >= 11 is 0. The van der Waals surface area contributed by atoms with Gasteiger partial charge in [0.15, 0.2) is 0 Å². The van der Waals surface area contributed by atoms with Gasteiger partial charge in [-0.25, -0.2) is 4.79 Å². The first-order valence-corrected chi connectivity index (χ1v) is 5.86. The fourth-order valence-corrected chi connectivity index (χ4v) is 1.58. The molecule has 1 aromatic carbocycles. The molecule has 0 bridgehead atoms. The van der Waals surface area contributed by atoms with Gasteiger partial charge in [-0.15, -0.1) is 0 Å². The van der Waals surface area contributed by atoms with E-state index in [-0.39, 0.29) is 18.7 Å². The number of rotatable bonds is 7. The number of nitrogens with one attached hydrogen (secondary N) is 2. The Morgan fingerprint density at radius 1 is 1.09 bits per heavy atom. The predicted molar refractivity (Wildman–Crippen MR) is 71.7 cm³/mol. The maximum absolute atomic E-state index is 11.0. The quantitative estimate of drug-likeness (QED) is 0.195. The van der Waals surface area contributed by atoms with E-state index in [2.05, 4.69) is 20.1 Å². The van der Waals surface area contributed by atoms with Crippen molar-refractivity contribution >= 4 is 17.5 Å². The Hall–Kier alpha value is -3.48. The zero-order valence-electron chi connectivity index (χ0n) is 11.2. The topological polar surface area (TPSA) is 175 Å². The van der Waals surface area contributed by atoms with Crippen LogP contribution in [-0.2, 0) is 22.7 Å². The molecule has 22 heavy (non-hydrogen) atoms. The molecule has 0 spiro atoms. The molecule has 0 aliphatic rings. The van der Waals surface area contributed by atoms with Gasteiger partial charge < -0.3 is 10.2 Å². The summed E-state index contributed by atoms with van der Waals surface area (Å²) in [6.07, 6.45) is 0.594. The molecule has 0 unspecified atom stereocenters. The minimum atomic E-state index is -1.68. The summed E-state index contributed by atoms with van der Waals surface area (Å²) in [5.41, 5.74) is 14.7. The molecule has 0 heterocycles. The molecule has 0 radical (unpaired) electrons. The average molecular weight is 304 g/mol. The monoisotopic (exact) mass is 304 g/mol. The van der Waals surface area contributed by atoms with Gasteiger partial charge in [0, 0.05) is 11.6 Å². The molecular formula is C12H12N6O4+2. The standard InChI is InChI=1S/C12H10N6O4/c13-17-15-5-8-2-1-7(3-9(8)6-16-18-14)10(19)4-11(20)12(21)22/h1-4,13-14H,5-6H2/p+2. The Bertz CT molecular complexity index is 729. The van der Waals surface area contributed by atoms with E-state index in [1.165, 1.54) is 12.1 Å². The number of carboxylic acids is 1. The van der Waals surface area contributed by atoms with Crippen molar-refractivity contribution < 1.29 is 19.8 Å². The minimum Gasteiger partial charge on any atom is -0.507 e. The normalized spacial score (nSPS) is 10.3. The first kappa shape index (κ1) is 16.6. The van der Waals surface area contributed by atoms with E-state index in [1.807, 2.05) is 0 Å². The number of aliphatic carboxylic acids is 1. The fourth-order valence-electron chi connectivity index (χ4n) is 1.58.